The Balaban J connectivity index is 1.24. The number of rotatable bonds is 12. The Morgan fingerprint density at radius 3 is 1.85 bits per heavy atom. The van der Waals surface area contributed by atoms with Gasteiger partial charge in [-0.15, -0.1) is 5.11 Å². The summed E-state index contributed by atoms with van der Waals surface area (Å²) in [6.07, 6.45) is 4.62. The highest BCUT2D eigenvalue weighted by Crippen LogP contribution is 2.41. The van der Waals surface area contributed by atoms with E-state index in [1.54, 1.807) is 24.3 Å². The predicted molar refractivity (Wildman–Crippen MR) is 227 cm³/mol. The van der Waals surface area contributed by atoms with E-state index in [0.29, 0.717) is 23.5 Å². The molecule has 9 N–H and O–H groups in total. The number of nitrogens with one attached hydrogen (secondary N) is 2. The van der Waals surface area contributed by atoms with Gasteiger partial charge in [-0.1, -0.05) is 0 Å². The van der Waals surface area contributed by atoms with Gasteiger partial charge in [-0.05, 0) is 103 Å². The number of benzene rings is 4. The number of ketones is 2. The summed E-state index contributed by atoms with van der Waals surface area (Å²) in [6.45, 7) is 1.35. The van der Waals surface area contributed by atoms with Crippen molar-refractivity contribution in [3.8, 4) is 0 Å². The van der Waals surface area contributed by atoms with Gasteiger partial charge < -0.3 is 15.9 Å². The molecule has 0 bridgehead atoms. The Morgan fingerprint density at radius 1 is 0.677 bits per heavy atom. The van der Waals surface area contributed by atoms with E-state index in [4.69, 9.17) is 5.73 Å². The minimum absolute atomic E-state index is 0.00460. The highest BCUT2D eigenvalue weighted by Gasteiger charge is 2.37. The van der Waals surface area contributed by atoms with Crippen molar-refractivity contribution in [2.45, 2.75) is 16.7 Å². The van der Waals surface area contributed by atoms with Crippen LogP contribution in [0.5, 0.6) is 0 Å². The Labute approximate surface area is 350 Å². The lowest BCUT2D eigenvalue weighted by Gasteiger charge is -2.20. The summed E-state index contributed by atoms with van der Waals surface area (Å²) < 4.78 is 102. The average molecular weight is 904 g/mol. The fraction of sp³-hybridized carbons (Fsp3) is 0.0270. The summed E-state index contributed by atoms with van der Waals surface area (Å²) in [4.78, 5) is 30.9. The van der Waals surface area contributed by atoms with Crippen LogP contribution in [-0.2, 0) is 35.1 Å². The van der Waals surface area contributed by atoms with Crippen LogP contribution in [0.1, 0.15) is 28.4 Å². The van der Waals surface area contributed by atoms with Crippen molar-refractivity contribution in [2.24, 2.45) is 30.4 Å². The van der Waals surface area contributed by atoms with E-state index < -0.39 is 84.9 Å². The van der Waals surface area contributed by atoms with Gasteiger partial charge in [0.2, 0.25) is 11.7 Å². The number of hydrazone groups is 2. The molecule has 0 aromatic heterocycles. The Bertz CT molecular complexity index is 3130. The summed E-state index contributed by atoms with van der Waals surface area (Å²) in [5.74, 6) is -2.24. The number of nitrogen functional groups attached to an aromatic ring is 1. The van der Waals surface area contributed by atoms with Crippen molar-refractivity contribution in [1.29, 1.82) is 0 Å². The molecule has 0 fully saturated rings. The summed E-state index contributed by atoms with van der Waals surface area (Å²) in [6, 6.07) is 16.7. The highest BCUT2D eigenvalue weighted by atomic mass is 32.2. The average Bonchev–Trinajstić information content (AvgIpc) is 3.19. The number of carbonyl (C=O) groups excluding carboxylic acids is 2. The molecular formula is C37H29N9O13S3. The Morgan fingerprint density at radius 2 is 1.27 bits per heavy atom. The van der Waals surface area contributed by atoms with Crippen LogP contribution in [0, 0.1) is 0 Å². The number of aliphatic hydroxyl groups is 2. The zero-order valence-corrected chi connectivity index (χ0v) is 33.8. The number of aliphatic imine (C=N–C) groups is 2. The van der Waals surface area contributed by atoms with Crippen molar-refractivity contribution < 1.29 is 58.7 Å². The number of anilines is 3. The summed E-state index contributed by atoms with van der Waals surface area (Å²) in [5.41, 5.74) is 9.55. The SMILES string of the molecule is CC(O)=NC1=CC(=O)C=C/C1=N\Nc1ccc(N=C(O)c2ccc(N=Nc3c(S(=O)(=O)O)cc4c(c3N)C(=O)/C(=N\Nc3ccc(S(=O)(=O)O)cc3)C(S(=O)(=O)O)=C4)cc2)cc1. The molecule has 0 aliphatic heterocycles. The molecule has 25 heteroatoms. The maximum absolute atomic E-state index is 13.7. The first kappa shape index (κ1) is 44.0. The molecule has 0 saturated carbocycles. The Kier molecular flexibility index (Phi) is 12.2. The molecule has 2 aliphatic carbocycles. The first-order valence-corrected chi connectivity index (χ1v) is 21.4. The van der Waals surface area contributed by atoms with Crippen LogP contribution in [0.25, 0.3) is 6.08 Å². The molecule has 318 valence electrons. The fourth-order valence-electron chi connectivity index (χ4n) is 5.49. The van der Waals surface area contributed by atoms with Crippen LogP contribution in [-0.4, -0.2) is 83.9 Å². The van der Waals surface area contributed by atoms with E-state index in [1.165, 1.54) is 49.4 Å². The van der Waals surface area contributed by atoms with Crippen molar-refractivity contribution in [3.05, 3.63) is 124 Å². The van der Waals surface area contributed by atoms with E-state index >= 15 is 0 Å². The van der Waals surface area contributed by atoms with Crippen molar-refractivity contribution in [2.75, 3.05) is 16.6 Å². The maximum atomic E-state index is 13.7. The number of nitrogens with two attached hydrogens (primary N) is 1. The van der Waals surface area contributed by atoms with Crippen LogP contribution in [0.3, 0.4) is 0 Å². The lowest BCUT2D eigenvalue weighted by atomic mass is 9.92. The number of hydrogen-bond acceptors (Lipinski definition) is 17. The van der Waals surface area contributed by atoms with E-state index in [9.17, 15) is 58.7 Å². The smallest absolute Gasteiger partial charge is 0.296 e. The largest absolute Gasteiger partial charge is 0.497 e. The van der Waals surface area contributed by atoms with Gasteiger partial charge in [-0.2, -0.15) is 40.6 Å². The molecule has 0 amide bonds. The van der Waals surface area contributed by atoms with Crippen LogP contribution in [0.2, 0.25) is 0 Å². The van der Waals surface area contributed by atoms with Crippen molar-refractivity contribution in [3.63, 3.8) is 0 Å². The van der Waals surface area contributed by atoms with Gasteiger partial charge in [-0.3, -0.25) is 34.1 Å². The van der Waals surface area contributed by atoms with Gasteiger partial charge >= 0.3 is 0 Å². The van der Waals surface area contributed by atoms with Crippen LogP contribution in [0.4, 0.5) is 34.1 Å². The predicted octanol–water partition coefficient (Wildman–Crippen LogP) is 5.47. The minimum Gasteiger partial charge on any atom is -0.497 e. The molecule has 0 heterocycles. The molecular weight excluding hydrogens is 875 g/mol. The quantitative estimate of drug-likeness (QED) is 0.0166. The van der Waals surface area contributed by atoms with E-state index in [-0.39, 0.29) is 40.0 Å². The third kappa shape index (κ3) is 10.2. The monoisotopic (exact) mass is 903 g/mol. The molecule has 0 atom stereocenters. The van der Waals surface area contributed by atoms with E-state index in [0.717, 1.165) is 24.3 Å². The van der Waals surface area contributed by atoms with Gasteiger partial charge in [0.15, 0.2) is 17.4 Å². The van der Waals surface area contributed by atoms with Crippen molar-refractivity contribution >= 4 is 105 Å². The number of azo groups is 1. The summed E-state index contributed by atoms with van der Waals surface area (Å²) in [5, 5.41) is 36.0. The molecule has 62 heavy (non-hydrogen) atoms. The minimum atomic E-state index is -5.23. The maximum Gasteiger partial charge on any atom is 0.296 e. The molecule has 0 saturated heterocycles. The fourth-order valence-corrected chi connectivity index (χ4v) is 7.30. The van der Waals surface area contributed by atoms with Gasteiger partial charge in [0, 0.05) is 18.6 Å². The zero-order valence-electron chi connectivity index (χ0n) is 31.3. The second kappa shape index (κ2) is 17.2. The molecule has 0 unspecified atom stereocenters. The number of Topliss-reactive ketones (excluding diaryl/α,β-unsaturated/α-hetero) is 1. The van der Waals surface area contributed by atoms with Gasteiger partial charge in [-0.25, -0.2) is 9.98 Å². The number of hydrogen-bond donors (Lipinski definition) is 8. The second-order valence-electron chi connectivity index (χ2n) is 12.7. The Hall–Kier alpha value is -7.55. The van der Waals surface area contributed by atoms with Crippen molar-refractivity contribution in [1.82, 2.24) is 0 Å². The first-order chi connectivity index (χ1) is 29.1. The molecule has 6 rings (SSSR count). The second-order valence-corrected chi connectivity index (χ2v) is 16.9. The van der Waals surface area contributed by atoms with Crippen LogP contribution < -0.4 is 16.6 Å². The van der Waals surface area contributed by atoms with Gasteiger partial charge in [0.25, 0.3) is 30.4 Å². The molecule has 4 aromatic rings. The summed E-state index contributed by atoms with van der Waals surface area (Å²) >= 11 is 0. The van der Waals surface area contributed by atoms with Crippen LogP contribution in [0.15, 0.2) is 148 Å². The molecule has 2 aliphatic rings. The number of fused-ring (bicyclic) bond motifs is 1. The van der Waals surface area contributed by atoms with E-state index in [1.807, 2.05) is 0 Å². The molecule has 4 aromatic carbocycles. The zero-order chi connectivity index (χ0) is 45.1. The molecule has 22 nitrogen and oxygen atoms in total. The van der Waals surface area contributed by atoms with Crippen LogP contribution >= 0.6 is 0 Å². The first-order valence-electron chi connectivity index (χ1n) is 17.1. The highest BCUT2D eigenvalue weighted by molar-refractivity contribution is 7.91. The van der Waals surface area contributed by atoms with Gasteiger partial charge in [0.05, 0.1) is 44.6 Å². The van der Waals surface area contributed by atoms with E-state index in [2.05, 4.69) is 41.3 Å². The number of aliphatic hydroxyl groups excluding tert-OH is 2. The standard InChI is InChI=1S/C37H29N9O13S3/c1-19(47)39-29-18-26(48)12-15-28(29)44-41-24-8-6-22(7-9-24)40-37(50)20-2-4-23(5-3-20)42-45-34-30(61(54,55)56)16-21-17-31(62(57,58)59)35(36(49)32(21)33(34)38)46-43-25-10-13-27(14-11-25)60(51,52)53/h2-18,41,43H,38H2,1H3,(H,39,47)(H,40,50)(H,51,52,53)(H,54,55,56)(H,57,58,59)/b44-28+,45-42?,46-35-. The topological polar surface area (TPSA) is 362 Å². The summed E-state index contributed by atoms with van der Waals surface area (Å²) in [7, 11) is -15.0. The number of carbonyl (C=O) groups is 2. The third-order valence-electron chi connectivity index (χ3n) is 8.33. The number of nitrogens with zero attached hydrogens (tertiary/aromatic N) is 6. The number of allylic oxidation sites excluding steroid dienone is 4. The molecule has 0 radical (unpaired) electrons. The lowest BCUT2D eigenvalue weighted by Crippen LogP contribution is -2.28. The normalized spacial score (nSPS) is 16.4. The third-order valence-corrected chi connectivity index (χ3v) is 10.9. The van der Waals surface area contributed by atoms with Gasteiger partial charge in [0.1, 0.15) is 21.2 Å². The lowest BCUT2D eigenvalue weighted by molar-refractivity contribution is -0.110. The molecule has 0 spiro atoms.